The number of nitrogen functional groups attached to an aromatic ring is 1. The lowest BCUT2D eigenvalue weighted by molar-refractivity contribution is 0.102. The van der Waals surface area contributed by atoms with Crippen molar-refractivity contribution in [2.24, 2.45) is 0 Å². The zero-order valence-electron chi connectivity index (χ0n) is 15.4. The van der Waals surface area contributed by atoms with Gasteiger partial charge in [-0.2, -0.15) is 0 Å². The van der Waals surface area contributed by atoms with Gasteiger partial charge in [0.1, 0.15) is 11.4 Å². The van der Waals surface area contributed by atoms with Crippen LogP contribution in [0.25, 0.3) is 22.5 Å². The molecule has 4 rings (SSSR count). The lowest BCUT2D eigenvalue weighted by atomic mass is 10.1. The van der Waals surface area contributed by atoms with Gasteiger partial charge >= 0.3 is 0 Å². The minimum atomic E-state index is -0.278. The highest BCUT2D eigenvalue weighted by atomic mass is 16.3. The summed E-state index contributed by atoms with van der Waals surface area (Å²) in [6.07, 6.45) is 1.61. The van der Waals surface area contributed by atoms with Crippen LogP contribution in [0.4, 0.5) is 11.5 Å². The summed E-state index contributed by atoms with van der Waals surface area (Å²) in [4.78, 5) is 21.8. The first kappa shape index (κ1) is 18.2. The number of phenols is 1. The van der Waals surface area contributed by atoms with Gasteiger partial charge in [-0.3, -0.25) is 4.79 Å². The number of carbonyl (C=O) groups excluding carboxylic acids is 1. The molecule has 142 valence electrons. The Morgan fingerprint density at radius 2 is 1.52 bits per heavy atom. The van der Waals surface area contributed by atoms with Crippen LogP contribution >= 0.6 is 0 Å². The number of anilines is 2. The molecule has 6 heteroatoms. The van der Waals surface area contributed by atoms with Crippen LogP contribution in [0.2, 0.25) is 0 Å². The summed E-state index contributed by atoms with van der Waals surface area (Å²) >= 11 is 0. The first-order valence-electron chi connectivity index (χ1n) is 8.99. The molecule has 1 heterocycles. The maximum absolute atomic E-state index is 12.6. The van der Waals surface area contributed by atoms with Gasteiger partial charge in [-0.15, -0.1) is 0 Å². The molecule has 0 unspecified atom stereocenters. The Kier molecular flexibility index (Phi) is 4.90. The largest absolute Gasteiger partial charge is 0.508 e. The van der Waals surface area contributed by atoms with Gasteiger partial charge in [-0.25, -0.2) is 9.97 Å². The molecule has 0 radical (unpaired) electrons. The van der Waals surface area contributed by atoms with E-state index in [1.807, 2.05) is 18.2 Å². The van der Waals surface area contributed by atoms with Crippen LogP contribution in [0.5, 0.6) is 5.75 Å². The van der Waals surface area contributed by atoms with Crippen molar-refractivity contribution >= 4 is 17.4 Å². The number of nitrogens with two attached hydrogens (primary N) is 1. The highest BCUT2D eigenvalue weighted by Gasteiger charge is 2.15. The zero-order valence-corrected chi connectivity index (χ0v) is 15.4. The maximum Gasteiger partial charge on any atom is 0.256 e. The lowest BCUT2D eigenvalue weighted by Crippen LogP contribution is -2.14. The summed E-state index contributed by atoms with van der Waals surface area (Å²) in [5, 5.41) is 12.4. The second-order valence-corrected chi connectivity index (χ2v) is 6.44. The minimum Gasteiger partial charge on any atom is -0.508 e. The van der Waals surface area contributed by atoms with Crippen molar-refractivity contribution in [3.63, 3.8) is 0 Å². The van der Waals surface area contributed by atoms with E-state index >= 15 is 0 Å². The summed E-state index contributed by atoms with van der Waals surface area (Å²) < 4.78 is 0. The van der Waals surface area contributed by atoms with E-state index in [4.69, 9.17) is 10.7 Å². The minimum absolute atomic E-state index is 0.145. The SMILES string of the molecule is Nc1ccc(-c2cnc(NC(=O)c3ccccc3)c(-c3ccc(O)cc3)n2)cc1. The molecular weight excluding hydrogens is 364 g/mol. The van der Waals surface area contributed by atoms with Crippen LogP contribution in [0, 0.1) is 0 Å². The van der Waals surface area contributed by atoms with Gasteiger partial charge < -0.3 is 16.2 Å². The molecule has 0 saturated heterocycles. The monoisotopic (exact) mass is 382 g/mol. The molecule has 4 aromatic rings. The topological polar surface area (TPSA) is 101 Å². The maximum atomic E-state index is 12.6. The van der Waals surface area contributed by atoms with Crippen LogP contribution < -0.4 is 11.1 Å². The van der Waals surface area contributed by atoms with Crippen LogP contribution in [-0.4, -0.2) is 21.0 Å². The van der Waals surface area contributed by atoms with Crippen LogP contribution in [0.15, 0.2) is 85.1 Å². The van der Waals surface area contributed by atoms with Crippen molar-refractivity contribution in [2.75, 3.05) is 11.1 Å². The van der Waals surface area contributed by atoms with Crippen molar-refractivity contribution in [2.45, 2.75) is 0 Å². The van der Waals surface area contributed by atoms with E-state index in [2.05, 4.69) is 10.3 Å². The summed E-state index contributed by atoms with van der Waals surface area (Å²) in [5.74, 6) is 0.204. The fourth-order valence-corrected chi connectivity index (χ4v) is 2.86. The van der Waals surface area contributed by atoms with Crippen molar-refractivity contribution in [1.29, 1.82) is 0 Å². The molecule has 0 aliphatic carbocycles. The molecule has 0 aliphatic heterocycles. The number of aromatic hydroxyl groups is 1. The van der Waals surface area contributed by atoms with E-state index in [9.17, 15) is 9.90 Å². The number of benzene rings is 3. The second-order valence-electron chi connectivity index (χ2n) is 6.44. The van der Waals surface area contributed by atoms with Crippen LogP contribution in [-0.2, 0) is 0 Å². The molecule has 1 aromatic heterocycles. The Bertz CT molecular complexity index is 1140. The molecular formula is C23H18N4O2. The molecule has 0 spiro atoms. The predicted molar refractivity (Wildman–Crippen MR) is 113 cm³/mol. The van der Waals surface area contributed by atoms with Gasteiger partial charge in [0.15, 0.2) is 5.82 Å². The van der Waals surface area contributed by atoms with E-state index in [0.29, 0.717) is 28.5 Å². The Hall–Kier alpha value is -4.19. The lowest BCUT2D eigenvalue weighted by Gasteiger charge is -2.12. The van der Waals surface area contributed by atoms with Crippen LogP contribution in [0.3, 0.4) is 0 Å². The summed E-state index contributed by atoms with van der Waals surface area (Å²) in [6.45, 7) is 0. The quantitative estimate of drug-likeness (QED) is 0.456. The molecule has 0 aliphatic rings. The number of hydrogen-bond acceptors (Lipinski definition) is 5. The zero-order chi connectivity index (χ0) is 20.2. The van der Waals surface area contributed by atoms with Crippen molar-refractivity contribution in [3.8, 4) is 28.3 Å². The standard InChI is InChI=1S/C23H18N4O2/c24-18-10-6-15(7-11-18)20-14-25-22(27-23(29)17-4-2-1-3-5-17)21(26-20)16-8-12-19(28)13-9-16/h1-14,28H,24H2,(H,25,27,29). The number of hydrogen-bond donors (Lipinski definition) is 3. The highest BCUT2D eigenvalue weighted by Crippen LogP contribution is 2.29. The third-order valence-corrected chi connectivity index (χ3v) is 4.39. The number of amides is 1. The second kappa shape index (κ2) is 7.82. The number of phenolic OH excluding ortho intramolecular Hbond substituents is 1. The summed E-state index contributed by atoms with van der Waals surface area (Å²) in [7, 11) is 0. The number of nitrogens with zero attached hydrogens (tertiary/aromatic N) is 2. The Morgan fingerprint density at radius 3 is 2.21 bits per heavy atom. The van der Waals surface area contributed by atoms with Gasteiger partial charge in [0.25, 0.3) is 5.91 Å². The normalized spacial score (nSPS) is 10.5. The molecule has 1 amide bonds. The third-order valence-electron chi connectivity index (χ3n) is 4.39. The molecule has 4 N–H and O–H groups in total. The molecule has 3 aromatic carbocycles. The first-order chi connectivity index (χ1) is 14.1. The van der Waals surface area contributed by atoms with E-state index < -0.39 is 0 Å². The van der Waals surface area contributed by atoms with Gasteiger partial charge in [0.05, 0.1) is 11.9 Å². The van der Waals surface area contributed by atoms with Gasteiger partial charge in [-0.1, -0.05) is 30.3 Å². The third kappa shape index (κ3) is 4.06. The number of rotatable bonds is 4. The Morgan fingerprint density at radius 1 is 0.862 bits per heavy atom. The molecule has 0 fully saturated rings. The first-order valence-corrected chi connectivity index (χ1v) is 8.99. The smallest absolute Gasteiger partial charge is 0.256 e. The molecule has 6 nitrogen and oxygen atoms in total. The molecule has 29 heavy (non-hydrogen) atoms. The van der Waals surface area contributed by atoms with E-state index in [1.165, 1.54) is 0 Å². The van der Waals surface area contributed by atoms with E-state index in [0.717, 1.165) is 11.1 Å². The van der Waals surface area contributed by atoms with Crippen molar-refractivity contribution in [3.05, 3.63) is 90.6 Å². The fourth-order valence-electron chi connectivity index (χ4n) is 2.86. The average Bonchev–Trinajstić information content (AvgIpc) is 2.76. The average molecular weight is 382 g/mol. The van der Waals surface area contributed by atoms with Gasteiger partial charge in [0.2, 0.25) is 0 Å². The van der Waals surface area contributed by atoms with Gasteiger partial charge in [-0.05, 0) is 48.5 Å². The number of aromatic nitrogens is 2. The van der Waals surface area contributed by atoms with E-state index in [1.54, 1.807) is 66.9 Å². The summed E-state index contributed by atoms with van der Waals surface area (Å²) in [6, 6.07) is 22.8. The Balaban J connectivity index is 1.76. The van der Waals surface area contributed by atoms with Crippen molar-refractivity contribution in [1.82, 2.24) is 9.97 Å². The predicted octanol–water partition coefficient (Wildman–Crippen LogP) is 4.35. The summed E-state index contributed by atoms with van der Waals surface area (Å²) in [5.41, 5.74) is 9.67. The number of carbonyl (C=O) groups is 1. The molecule has 0 saturated carbocycles. The number of nitrogens with one attached hydrogen (secondary N) is 1. The van der Waals surface area contributed by atoms with Crippen molar-refractivity contribution < 1.29 is 9.90 Å². The fraction of sp³-hybridized carbons (Fsp3) is 0. The molecule has 0 atom stereocenters. The van der Waals surface area contributed by atoms with Crippen LogP contribution in [0.1, 0.15) is 10.4 Å². The molecule has 0 bridgehead atoms. The Labute approximate surface area is 167 Å². The highest BCUT2D eigenvalue weighted by molar-refractivity contribution is 6.05. The van der Waals surface area contributed by atoms with Gasteiger partial charge in [0, 0.05) is 22.4 Å². The van der Waals surface area contributed by atoms with E-state index in [-0.39, 0.29) is 11.7 Å².